The largest absolute Gasteiger partial charge is 1.00 e. The van der Waals surface area contributed by atoms with Gasteiger partial charge in [-0.3, -0.25) is 14.4 Å². The number of Topliss-reactive ketones (excluding diaryl/α,β-unsaturated/α-hetero) is 2. The van der Waals surface area contributed by atoms with Gasteiger partial charge in [0.05, 0.1) is 0 Å². The maximum atomic E-state index is 12.9. The fraction of sp³-hybridized carbons (Fsp3) is 0.320. The summed E-state index contributed by atoms with van der Waals surface area (Å²) in [5.74, 6) is -23.1. The van der Waals surface area contributed by atoms with Crippen LogP contribution in [-0.4, -0.2) is 41.0 Å². The summed E-state index contributed by atoms with van der Waals surface area (Å²) in [5.41, 5.74) is 0.749. The van der Waals surface area contributed by atoms with Crippen LogP contribution in [-0.2, 0) is 9.59 Å². The molecule has 204 valence electrons. The molecule has 2 rings (SSSR count). The molecule has 0 unspecified atom stereocenters. The Balaban J connectivity index is 0. The predicted octanol–water partition coefficient (Wildman–Crippen LogP) is 3.01. The van der Waals surface area contributed by atoms with Gasteiger partial charge >= 0.3 is 42.6 Å². The second-order valence-corrected chi connectivity index (χ2v) is 7.64. The molecule has 0 N–H and O–H groups in total. The number of hydrogen-bond donors (Lipinski definition) is 0. The predicted molar refractivity (Wildman–Crippen MR) is 118 cm³/mol. The van der Waals surface area contributed by atoms with Gasteiger partial charge in [-0.2, -0.15) is 35.1 Å². The van der Waals surface area contributed by atoms with Crippen LogP contribution in [0.25, 0.3) is 5.76 Å². The normalized spacial score (nSPS) is 12.1. The second-order valence-electron chi connectivity index (χ2n) is 7.64. The molecule has 0 spiro atoms. The van der Waals surface area contributed by atoms with Crippen molar-refractivity contribution in [2.24, 2.45) is 0 Å². The van der Waals surface area contributed by atoms with Crippen molar-refractivity contribution in [1.82, 2.24) is 0 Å². The number of rotatable bonds is 7. The SMILES string of the molecule is CC(=O)C(F)(F)C(C)(F)F.CC(=O)c1ccccc1.CC(F)(F)C(F)(F)C(=O)/C=C(\[O-])c1ccccc1.[Li+]. The minimum Gasteiger partial charge on any atom is -0.872 e. The number of alkyl halides is 8. The van der Waals surface area contributed by atoms with Gasteiger partial charge in [-0.1, -0.05) is 66.4 Å². The van der Waals surface area contributed by atoms with Crippen molar-refractivity contribution in [2.75, 3.05) is 0 Å². The van der Waals surface area contributed by atoms with Crippen LogP contribution in [0, 0.1) is 0 Å². The van der Waals surface area contributed by atoms with E-state index in [1.807, 2.05) is 30.3 Å². The standard InChI is InChI=1S/C12H10F4O2.C8H8O.C5H6F4O.Li/c1-11(13,14)12(15,16)10(18)7-9(17)8-5-3-2-4-6-8;1-7(9)8-5-3-2-4-6-8;1-3(10)5(8,9)4(2,6)7;/h2-7,17H,1H3;2-6H,1H3;1-2H3;/q;;;+1/p-1/b9-7-;;;. The van der Waals surface area contributed by atoms with Gasteiger partial charge in [-0.15, -0.1) is 0 Å². The van der Waals surface area contributed by atoms with E-state index in [1.165, 1.54) is 24.3 Å². The van der Waals surface area contributed by atoms with Crippen molar-refractivity contribution in [3.05, 3.63) is 77.9 Å². The fourth-order valence-electron chi connectivity index (χ4n) is 2.09. The average Bonchev–Trinajstić information content (AvgIpc) is 2.79. The molecule has 0 aliphatic rings. The van der Waals surface area contributed by atoms with Crippen molar-refractivity contribution < 1.29 is 73.5 Å². The zero-order chi connectivity index (χ0) is 29.2. The van der Waals surface area contributed by atoms with E-state index in [0.29, 0.717) is 6.92 Å². The van der Waals surface area contributed by atoms with Gasteiger partial charge in [0.1, 0.15) is 0 Å². The molecule has 0 aliphatic heterocycles. The molecule has 13 heteroatoms. The van der Waals surface area contributed by atoms with Crippen LogP contribution < -0.4 is 24.0 Å². The number of carbonyl (C=O) groups excluding carboxylic acids is 3. The van der Waals surface area contributed by atoms with Gasteiger partial charge in [-0.25, -0.2) is 0 Å². The summed E-state index contributed by atoms with van der Waals surface area (Å²) in [6.07, 6.45) is -0.00720. The van der Waals surface area contributed by atoms with E-state index in [2.05, 4.69) is 0 Å². The van der Waals surface area contributed by atoms with Gasteiger partial charge in [0, 0.05) is 26.3 Å². The van der Waals surface area contributed by atoms with E-state index in [1.54, 1.807) is 13.0 Å². The maximum Gasteiger partial charge on any atom is 1.00 e. The van der Waals surface area contributed by atoms with Gasteiger partial charge in [0.25, 0.3) is 0 Å². The van der Waals surface area contributed by atoms with Crippen LogP contribution in [0.5, 0.6) is 0 Å². The molecule has 0 heterocycles. The van der Waals surface area contributed by atoms with E-state index >= 15 is 0 Å². The summed E-state index contributed by atoms with van der Waals surface area (Å²) < 4.78 is 98.3. The molecule has 2 aromatic carbocycles. The molecular formula is C25H23F8LiO4. The van der Waals surface area contributed by atoms with Crippen LogP contribution in [0.15, 0.2) is 66.7 Å². The average molecular weight is 546 g/mol. The molecule has 0 aliphatic carbocycles. The zero-order valence-corrected chi connectivity index (χ0v) is 21.0. The van der Waals surface area contributed by atoms with Crippen molar-refractivity contribution >= 4 is 23.1 Å². The first-order chi connectivity index (χ1) is 16.7. The third kappa shape index (κ3) is 11.2. The first-order valence-electron chi connectivity index (χ1n) is 10.2. The Hall–Kier alpha value is -2.97. The van der Waals surface area contributed by atoms with Gasteiger partial charge < -0.3 is 5.11 Å². The third-order valence-corrected chi connectivity index (χ3v) is 4.36. The van der Waals surface area contributed by atoms with Gasteiger partial charge in [-0.05, 0) is 18.6 Å². The van der Waals surface area contributed by atoms with Crippen LogP contribution >= 0.6 is 0 Å². The molecule has 0 fully saturated rings. The molecular weight excluding hydrogens is 523 g/mol. The quantitative estimate of drug-likeness (QED) is 0.176. The minimum atomic E-state index is -4.89. The minimum absolute atomic E-state index is 0. The molecule has 0 bridgehead atoms. The van der Waals surface area contributed by atoms with Crippen molar-refractivity contribution in [2.45, 2.75) is 51.4 Å². The Labute approximate surface area is 225 Å². The molecule has 2 aromatic rings. The Morgan fingerprint density at radius 2 is 1.00 bits per heavy atom. The molecule has 0 amide bonds. The number of halogens is 8. The Bertz CT molecular complexity index is 1080. The van der Waals surface area contributed by atoms with Crippen LogP contribution in [0.1, 0.15) is 43.6 Å². The first kappa shape index (κ1) is 37.2. The second kappa shape index (κ2) is 14.8. The maximum absolute atomic E-state index is 12.9. The van der Waals surface area contributed by atoms with E-state index < -0.39 is 41.0 Å². The number of benzene rings is 2. The summed E-state index contributed by atoms with van der Waals surface area (Å²) in [6.45, 7) is 1.92. The summed E-state index contributed by atoms with van der Waals surface area (Å²) >= 11 is 0. The number of ketones is 3. The smallest absolute Gasteiger partial charge is 0.872 e. The van der Waals surface area contributed by atoms with Gasteiger partial charge in [0.15, 0.2) is 5.78 Å². The van der Waals surface area contributed by atoms with E-state index in [9.17, 15) is 54.6 Å². The summed E-state index contributed by atoms with van der Waals surface area (Å²) in [7, 11) is 0. The van der Waals surface area contributed by atoms with E-state index in [0.717, 1.165) is 5.56 Å². The Morgan fingerprint density at radius 3 is 1.24 bits per heavy atom. The first-order valence-corrected chi connectivity index (χ1v) is 10.2. The van der Waals surface area contributed by atoms with Crippen LogP contribution in [0.2, 0.25) is 0 Å². The van der Waals surface area contributed by atoms with E-state index in [4.69, 9.17) is 0 Å². The fourth-order valence-corrected chi connectivity index (χ4v) is 2.09. The topological polar surface area (TPSA) is 74.3 Å². The molecule has 0 saturated heterocycles. The zero-order valence-electron chi connectivity index (χ0n) is 21.0. The molecule has 0 radical (unpaired) electrons. The van der Waals surface area contributed by atoms with Crippen molar-refractivity contribution in [1.29, 1.82) is 0 Å². The molecule has 0 aromatic heterocycles. The summed E-state index contributed by atoms with van der Waals surface area (Å²) in [5, 5.41) is 11.4. The summed E-state index contributed by atoms with van der Waals surface area (Å²) in [6, 6.07) is 16.3. The Morgan fingerprint density at radius 1 is 0.658 bits per heavy atom. The molecule has 0 saturated carbocycles. The summed E-state index contributed by atoms with van der Waals surface area (Å²) in [4.78, 5) is 31.5. The van der Waals surface area contributed by atoms with Crippen molar-refractivity contribution in [3.8, 4) is 0 Å². The number of allylic oxidation sites excluding steroid dienone is 1. The van der Waals surface area contributed by atoms with E-state index in [-0.39, 0.29) is 50.1 Å². The third-order valence-electron chi connectivity index (χ3n) is 4.36. The van der Waals surface area contributed by atoms with Gasteiger partial charge in [0.2, 0.25) is 11.6 Å². The number of hydrogen-bond acceptors (Lipinski definition) is 4. The molecule has 38 heavy (non-hydrogen) atoms. The molecule has 4 nitrogen and oxygen atoms in total. The molecule has 0 atom stereocenters. The van der Waals surface area contributed by atoms with Crippen molar-refractivity contribution in [3.63, 3.8) is 0 Å². The monoisotopic (exact) mass is 546 g/mol. The Kier molecular flexibility index (Phi) is 14.5. The van der Waals surface area contributed by atoms with Crippen LogP contribution in [0.3, 0.4) is 0 Å². The number of carbonyl (C=O) groups is 3. The van der Waals surface area contributed by atoms with Crippen LogP contribution in [0.4, 0.5) is 35.1 Å².